The van der Waals surface area contributed by atoms with E-state index in [0.717, 1.165) is 5.56 Å². The first-order chi connectivity index (χ1) is 11.8. The van der Waals surface area contributed by atoms with Crippen molar-refractivity contribution in [3.8, 4) is 0 Å². The second-order valence-corrected chi connectivity index (χ2v) is 5.56. The van der Waals surface area contributed by atoms with Gasteiger partial charge in [0, 0.05) is 11.8 Å². The summed E-state index contributed by atoms with van der Waals surface area (Å²) in [6.07, 6.45) is -4.15. The first-order valence-electron chi connectivity index (χ1n) is 7.17. The number of carbonyl (C=O) groups excluding carboxylic acids is 1. The molecule has 132 valence electrons. The van der Waals surface area contributed by atoms with Gasteiger partial charge in [0.1, 0.15) is 0 Å². The molecule has 0 saturated carbocycles. The summed E-state index contributed by atoms with van der Waals surface area (Å²) < 4.78 is 39.5. The average Bonchev–Trinajstić information content (AvgIpc) is 2.54. The van der Waals surface area contributed by atoms with Gasteiger partial charge >= 0.3 is 6.18 Å². The van der Waals surface area contributed by atoms with E-state index in [-0.39, 0.29) is 10.7 Å². The number of halogens is 3. The maximum absolute atomic E-state index is 13.2. The number of hydrogen-bond donors (Lipinski definition) is 3. The number of aromatic nitrogens is 1. The SMILES string of the molecule is Cc1ccc(C(=O)NC(NC(=S)Nc2cccnc2)C(F)(F)F)cc1. The van der Waals surface area contributed by atoms with Gasteiger partial charge in [0.05, 0.1) is 11.9 Å². The van der Waals surface area contributed by atoms with Crippen LogP contribution in [-0.2, 0) is 0 Å². The number of anilines is 1. The van der Waals surface area contributed by atoms with Crippen molar-refractivity contribution in [2.75, 3.05) is 5.32 Å². The molecule has 1 amide bonds. The fourth-order valence-corrected chi connectivity index (χ4v) is 2.09. The average molecular weight is 368 g/mol. The highest BCUT2D eigenvalue weighted by Crippen LogP contribution is 2.19. The van der Waals surface area contributed by atoms with Crippen LogP contribution in [0.25, 0.3) is 0 Å². The third-order valence-electron chi connectivity index (χ3n) is 3.11. The van der Waals surface area contributed by atoms with Crippen LogP contribution in [-0.4, -0.2) is 28.3 Å². The predicted octanol–water partition coefficient (Wildman–Crippen LogP) is 2.99. The molecule has 0 radical (unpaired) electrons. The molecule has 1 aromatic heterocycles. The van der Waals surface area contributed by atoms with Gasteiger partial charge in [-0.2, -0.15) is 13.2 Å². The van der Waals surface area contributed by atoms with Gasteiger partial charge in [-0.25, -0.2) is 0 Å². The highest BCUT2D eigenvalue weighted by Gasteiger charge is 2.41. The van der Waals surface area contributed by atoms with Gasteiger partial charge in [0.15, 0.2) is 11.3 Å². The molecular formula is C16H15F3N4OS. The van der Waals surface area contributed by atoms with Crippen molar-refractivity contribution < 1.29 is 18.0 Å². The summed E-state index contributed by atoms with van der Waals surface area (Å²) in [5.41, 5.74) is 1.43. The van der Waals surface area contributed by atoms with Gasteiger partial charge in [0.2, 0.25) is 0 Å². The smallest absolute Gasteiger partial charge is 0.335 e. The van der Waals surface area contributed by atoms with E-state index in [2.05, 4.69) is 15.6 Å². The van der Waals surface area contributed by atoms with Gasteiger partial charge < -0.3 is 16.0 Å². The number of hydrogen-bond acceptors (Lipinski definition) is 3. The maximum Gasteiger partial charge on any atom is 0.427 e. The number of alkyl halides is 3. The summed E-state index contributed by atoms with van der Waals surface area (Å²) in [4.78, 5) is 15.8. The lowest BCUT2D eigenvalue weighted by atomic mass is 10.1. The lowest BCUT2D eigenvalue weighted by molar-refractivity contribution is -0.156. The van der Waals surface area contributed by atoms with E-state index in [4.69, 9.17) is 12.2 Å². The van der Waals surface area contributed by atoms with Crippen LogP contribution < -0.4 is 16.0 Å². The van der Waals surface area contributed by atoms with Gasteiger partial charge in [-0.1, -0.05) is 17.7 Å². The lowest BCUT2D eigenvalue weighted by Crippen LogP contribution is -2.57. The van der Waals surface area contributed by atoms with Crippen LogP contribution in [0, 0.1) is 6.92 Å². The molecule has 1 atom stereocenters. The van der Waals surface area contributed by atoms with Crippen LogP contribution in [0.15, 0.2) is 48.8 Å². The number of rotatable bonds is 4. The minimum absolute atomic E-state index is 0.118. The summed E-state index contributed by atoms with van der Waals surface area (Å²) in [7, 11) is 0. The Bertz CT molecular complexity index is 735. The van der Waals surface area contributed by atoms with Crippen molar-refractivity contribution in [3.63, 3.8) is 0 Å². The number of nitrogens with one attached hydrogen (secondary N) is 3. The predicted molar refractivity (Wildman–Crippen MR) is 92.1 cm³/mol. The molecule has 1 aromatic carbocycles. The molecule has 9 heteroatoms. The maximum atomic E-state index is 13.2. The van der Waals surface area contributed by atoms with Gasteiger partial charge in [-0.05, 0) is 43.4 Å². The Morgan fingerprint density at radius 3 is 2.40 bits per heavy atom. The van der Waals surface area contributed by atoms with Crippen LogP contribution in [0.5, 0.6) is 0 Å². The fourth-order valence-electron chi connectivity index (χ4n) is 1.85. The largest absolute Gasteiger partial charge is 0.427 e. The van der Waals surface area contributed by atoms with E-state index >= 15 is 0 Å². The van der Waals surface area contributed by atoms with Crippen LogP contribution in [0.1, 0.15) is 15.9 Å². The molecular weight excluding hydrogens is 353 g/mol. The summed E-state index contributed by atoms with van der Waals surface area (Å²) in [5.74, 6) is -0.862. The van der Waals surface area contributed by atoms with E-state index in [1.54, 1.807) is 24.3 Å². The third-order valence-corrected chi connectivity index (χ3v) is 3.33. The molecule has 1 heterocycles. The van der Waals surface area contributed by atoms with Crippen molar-refractivity contribution in [1.82, 2.24) is 15.6 Å². The first kappa shape index (κ1) is 18.7. The van der Waals surface area contributed by atoms with Crippen LogP contribution in [0.2, 0.25) is 0 Å². The number of thiocarbonyl (C=S) groups is 1. The Balaban J connectivity index is 2.04. The molecule has 0 aliphatic heterocycles. The van der Waals surface area contributed by atoms with E-state index in [9.17, 15) is 18.0 Å². The normalized spacial score (nSPS) is 12.2. The first-order valence-corrected chi connectivity index (χ1v) is 7.58. The molecule has 2 rings (SSSR count). The molecule has 0 aliphatic carbocycles. The molecule has 0 spiro atoms. The monoisotopic (exact) mass is 368 g/mol. The number of aryl methyl sites for hydroxylation is 1. The Morgan fingerprint density at radius 2 is 1.84 bits per heavy atom. The Morgan fingerprint density at radius 1 is 1.16 bits per heavy atom. The Kier molecular flexibility index (Phi) is 5.92. The van der Waals surface area contributed by atoms with Gasteiger partial charge in [-0.15, -0.1) is 0 Å². The van der Waals surface area contributed by atoms with Gasteiger partial charge in [-0.3, -0.25) is 9.78 Å². The van der Waals surface area contributed by atoms with Gasteiger partial charge in [0.25, 0.3) is 5.91 Å². The number of nitrogens with zero attached hydrogens (tertiary/aromatic N) is 1. The van der Waals surface area contributed by atoms with Crippen molar-refractivity contribution in [3.05, 3.63) is 59.9 Å². The molecule has 0 aliphatic rings. The molecule has 0 bridgehead atoms. The second kappa shape index (κ2) is 7.93. The van der Waals surface area contributed by atoms with E-state index < -0.39 is 18.2 Å². The van der Waals surface area contributed by atoms with Crippen LogP contribution >= 0.6 is 12.2 Å². The molecule has 0 fully saturated rings. The zero-order valence-corrected chi connectivity index (χ0v) is 13.9. The highest BCUT2D eigenvalue weighted by molar-refractivity contribution is 7.80. The minimum Gasteiger partial charge on any atom is -0.335 e. The second-order valence-electron chi connectivity index (χ2n) is 5.15. The van der Waals surface area contributed by atoms with Crippen LogP contribution in [0.3, 0.4) is 0 Å². The molecule has 2 aromatic rings. The molecule has 0 saturated heterocycles. The van der Waals surface area contributed by atoms with Crippen LogP contribution in [0.4, 0.5) is 18.9 Å². The molecule has 25 heavy (non-hydrogen) atoms. The third kappa shape index (κ3) is 5.71. The van der Waals surface area contributed by atoms with Crippen molar-refractivity contribution in [2.45, 2.75) is 19.3 Å². The highest BCUT2D eigenvalue weighted by atomic mass is 32.1. The van der Waals surface area contributed by atoms with E-state index in [1.165, 1.54) is 24.5 Å². The molecule has 3 N–H and O–H groups in total. The quantitative estimate of drug-likeness (QED) is 0.572. The van der Waals surface area contributed by atoms with Crippen molar-refractivity contribution in [2.24, 2.45) is 0 Å². The summed E-state index contributed by atoms with van der Waals surface area (Å²) >= 11 is 4.87. The molecule has 5 nitrogen and oxygen atoms in total. The van der Waals surface area contributed by atoms with Crippen molar-refractivity contribution in [1.29, 1.82) is 0 Å². The number of benzene rings is 1. The molecule has 1 unspecified atom stereocenters. The standard InChI is InChI=1S/C16H15F3N4OS/c1-10-4-6-11(7-5-10)13(24)22-14(16(17,18)19)23-15(25)21-12-3-2-8-20-9-12/h2-9,14H,1H3,(H,22,24)(H2,21,23,25). The summed E-state index contributed by atoms with van der Waals surface area (Å²) in [6.45, 7) is 1.81. The topological polar surface area (TPSA) is 66.1 Å². The number of carbonyl (C=O) groups is 1. The zero-order valence-electron chi connectivity index (χ0n) is 13.1. The number of pyridine rings is 1. The fraction of sp³-hybridized carbons (Fsp3) is 0.188. The minimum atomic E-state index is -4.74. The summed E-state index contributed by atoms with van der Waals surface area (Å²) in [5, 5.41) is 6.22. The zero-order chi connectivity index (χ0) is 18.4. The van der Waals surface area contributed by atoms with E-state index in [0.29, 0.717) is 5.69 Å². The Labute approximate surface area is 147 Å². The lowest BCUT2D eigenvalue weighted by Gasteiger charge is -2.24. The number of amides is 1. The van der Waals surface area contributed by atoms with E-state index in [1.807, 2.05) is 12.2 Å². The summed E-state index contributed by atoms with van der Waals surface area (Å²) in [6, 6.07) is 9.37. The van der Waals surface area contributed by atoms with Crippen molar-refractivity contribution >= 4 is 28.9 Å². The Hall–Kier alpha value is -2.68.